The van der Waals surface area contributed by atoms with Gasteiger partial charge in [-0.3, -0.25) is 4.72 Å². The van der Waals surface area contributed by atoms with Crippen LogP contribution in [0.25, 0.3) is 0 Å². The standard InChI is InChI=1S/C12H11FN2O4S2/c13-11-8-10(20(14,16)17)6-7-12(11)15-21(18,19)9-4-2-1-3-5-9/h1-8,15H,(H2,14,16,17). The number of rotatable bonds is 4. The Morgan fingerprint density at radius 1 is 0.905 bits per heavy atom. The Balaban J connectivity index is 2.37. The average molecular weight is 330 g/mol. The number of halogens is 1. The largest absolute Gasteiger partial charge is 0.277 e. The second-order valence-corrected chi connectivity index (χ2v) is 7.35. The fraction of sp³-hybridized carbons (Fsp3) is 0. The van der Waals surface area contributed by atoms with Gasteiger partial charge < -0.3 is 0 Å². The molecule has 0 aliphatic carbocycles. The molecular formula is C12H11FN2O4S2. The maximum Gasteiger partial charge on any atom is 0.261 e. The summed E-state index contributed by atoms with van der Waals surface area (Å²) in [5, 5.41) is 4.86. The minimum absolute atomic E-state index is 0.0417. The van der Waals surface area contributed by atoms with Crippen molar-refractivity contribution < 1.29 is 21.2 Å². The van der Waals surface area contributed by atoms with Crippen LogP contribution in [-0.2, 0) is 20.0 Å². The van der Waals surface area contributed by atoms with Crippen LogP contribution < -0.4 is 9.86 Å². The number of benzene rings is 2. The van der Waals surface area contributed by atoms with Gasteiger partial charge in [0.1, 0.15) is 5.82 Å². The third kappa shape index (κ3) is 3.57. The van der Waals surface area contributed by atoms with E-state index in [9.17, 15) is 21.2 Å². The lowest BCUT2D eigenvalue weighted by atomic mass is 10.3. The second-order valence-electron chi connectivity index (χ2n) is 4.11. The van der Waals surface area contributed by atoms with E-state index in [2.05, 4.69) is 0 Å². The fourth-order valence-corrected chi connectivity index (χ4v) is 3.17. The zero-order valence-electron chi connectivity index (χ0n) is 10.5. The van der Waals surface area contributed by atoms with E-state index in [0.29, 0.717) is 6.07 Å². The first-order valence-electron chi connectivity index (χ1n) is 5.60. The van der Waals surface area contributed by atoms with Crippen molar-refractivity contribution in [1.82, 2.24) is 0 Å². The molecule has 2 aromatic carbocycles. The zero-order valence-corrected chi connectivity index (χ0v) is 12.2. The molecule has 0 aliphatic rings. The molecule has 0 aromatic heterocycles. The summed E-state index contributed by atoms with van der Waals surface area (Å²) >= 11 is 0. The molecule has 9 heteroatoms. The highest BCUT2D eigenvalue weighted by molar-refractivity contribution is 7.92. The number of hydrogen-bond donors (Lipinski definition) is 2. The predicted molar refractivity (Wildman–Crippen MR) is 75.0 cm³/mol. The van der Waals surface area contributed by atoms with Gasteiger partial charge in [-0.2, -0.15) is 0 Å². The minimum Gasteiger partial charge on any atom is -0.277 e. The smallest absolute Gasteiger partial charge is 0.261 e. The van der Waals surface area contributed by atoms with Crippen molar-refractivity contribution in [2.75, 3.05) is 4.72 Å². The first-order chi connectivity index (χ1) is 9.70. The molecule has 0 heterocycles. The summed E-state index contributed by atoms with van der Waals surface area (Å²) in [6, 6.07) is 10.0. The summed E-state index contributed by atoms with van der Waals surface area (Å²) in [4.78, 5) is -0.484. The third-order valence-electron chi connectivity index (χ3n) is 2.57. The second kappa shape index (κ2) is 5.43. The van der Waals surface area contributed by atoms with E-state index < -0.39 is 30.8 Å². The summed E-state index contributed by atoms with van der Waals surface area (Å²) in [6.07, 6.45) is 0. The monoisotopic (exact) mass is 330 g/mol. The van der Waals surface area contributed by atoms with Gasteiger partial charge in [0, 0.05) is 0 Å². The van der Waals surface area contributed by atoms with Crippen LogP contribution >= 0.6 is 0 Å². The van der Waals surface area contributed by atoms with Gasteiger partial charge in [-0.1, -0.05) is 18.2 Å². The van der Waals surface area contributed by atoms with Crippen molar-refractivity contribution >= 4 is 25.7 Å². The number of sulfonamides is 2. The maximum absolute atomic E-state index is 13.8. The van der Waals surface area contributed by atoms with Gasteiger partial charge in [0.05, 0.1) is 15.5 Å². The number of nitrogens with two attached hydrogens (primary N) is 1. The Morgan fingerprint density at radius 3 is 2.05 bits per heavy atom. The van der Waals surface area contributed by atoms with E-state index in [4.69, 9.17) is 5.14 Å². The molecule has 3 N–H and O–H groups in total. The van der Waals surface area contributed by atoms with E-state index in [1.807, 2.05) is 4.72 Å². The predicted octanol–water partition coefficient (Wildman–Crippen LogP) is 1.27. The summed E-state index contributed by atoms with van der Waals surface area (Å²) in [5.41, 5.74) is -0.369. The van der Waals surface area contributed by atoms with Crippen LogP contribution in [0.3, 0.4) is 0 Å². The van der Waals surface area contributed by atoms with Crippen LogP contribution in [0, 0.1) is 5.82 Å². The first-order valence-corrected chi connectivity index (χ1v) is 8.63. The highest BCUT2D eigenvalue weighted by Gasteiger charge is 2.17. The van der Waals surface area contributed by atoms with Gasteiger partial charge in [-0.15, -0.1) is 0 Å². The molecular weight excluding hydrogens is 319 g/mol. The van der Waals surface area contributed by atoms with Crippen molar-refractivity contribution in [3.05, 3.63) is 54.3 Å². The van der Waals surface area contributed by atoms with Crippen LogP contribution in [0.4, 0.5) is 10.1 Å². The van der Waals surface area contributed by atoms with Gasteiger partial charge in [-0.05, 0) is 30.3 Å². The van der Waals surface area contributed by atoms with Crippen LogP contribution in [0.2, 0.25) is 0 Å². The zero-order chi connectivity index (χ0) is 15.7. The van der Waals surface area contributed by atoms with E-state index in [0.717, 1.165) is 12.1 Å². The first kappa shape index (κ1) is 15.4. The SMILES string of the molecule is NS(=O)(=O)c1ccc(NS(=O)(=O)c2ccccc2)c(F)c1. The van der Waals surface area contributed by atoms with E-state index in [1.54, 1.807) is 6.07 Å². The van der Waals surface area contributed by atoms with E-state index in [-0.39, 0.29) is 10.6 Å². The molecule has 2 rings (SSSR count). The Hall–Kier alpha value is -1.97. The Kier molecular flexibility index (Phi) is 3.99. The number of anilines is 1. The molecule has 0 bridgehead atoms. The third-order valence-corrected chi connectivity index (χ3v) is 4.86. The summed E-state index contributed by atoms with van der Waals surface area (Å²) in [6.45, 7) is 0. The van der Waals surface area contributed by atoms with Crippen molar-refractivity contribution in [2.24, 2.45) is 5.14 Å². The van der Waals surface area contributed by atoms with Crippen LogP contribution in [0.5, 0.6) is 0 Å². The Morgan fingerprint density at radius 2 is 1.52 bits per heavy atom. The van der Waals surface area contributed by atoms with Gasteiger partial charge in [-0.25, -0.2) is 26.4 Å². The lowest BCUT2D eigenvalue weighted by Gasteiger charge is -2.09. The maximum atomic E-state index is 13.8. The van der Waals surface area contributed by atoms with Crippen LogP contribution in [0.1, 0.15) is 0 Å². The normalized spacial score (nSPS) is 12.1. The van der Waals surface area contributed by atoms with Crippen molar-refractivity contribution in [2.45, 2.75) is 9.79 Å². The lowest BCUT2D eigenvalue weighted by molar-refractivity contribution is 0.592. The molecule has 6 nitrogen and oxygen atoms in total. The number of primary sulfonamides is 1. The highest BCUT2D eigenvalue weighted by atomic mass is 32.2. The molecule has 112 valence electrons. The number of nitrogens with one attached hydrogen (secondary N) is 1. The molecule has 0 fully saturated rings. The molecule has 21 heavy (non-hydrogen) atoms. The van der Waals surface area contributed by atoms with Crippen molar-refractivity contribution in [1.29, 1.82) is 0 Å². The summed E-state index contributed by atoms with van der Waals surface area (Å²) in [5.74, 6) is -1.04. The molecule has 0 saturated carbocycles. The molecule has 0 aliphatic heterocycles. The lowest BCUT2D eigenvalue weighted by Crippen LogP contribution is -2.15. The van der Waals surface area contributed by atoms with Gasteiger partial charge in [0.2, 0.25) is 10.0 Å². The Labute approximate surface area is 121 Å². The van der Waals surface area contributed by atoms with E-state index >= 15 is 0 Å². The molecule has 0 spiro atoms. The molecule has 0 saturated heterocycles. The van der Waals surface area contributed by atoms with Gasteiger partial charge in [0.15, 0.2) is 0 Å². The molecule has 0 atom stereocenters. The average Bonchev–Trinajstić information content (AvgIpc) is 2.41. The number of hydrogen-bond acceptors (Lipinski definition) is 4. The quantitative estimate of drug-likeness (QED) is 0.880. The molecule has 2 aromatic rings. The Bertz CT molecular complexity index is 865. The van der Waals surface area contributed by atoms with Crippen LogP contribution in [-0.4, -0.2) is 16.8 Å². The summed E-state index contributed by atoms with van der Waals surface area (Å²) in [7, 11) is -8.01. The summed E-state index contributed by atoms with van der Waals surface area (Å²) < 4.78 is 62.0. The van der Waals surface area contributed by atoms with Gasteiger partial charge in [0.25, 0.3) is 10.0 Å². The van der Waals surface area contributed by atoms with Crippen molar-refractivity contribution in [3.8, 4) is 0 Å². The fourth-order valence-electron chi connectivity index (χ4n) is 1.56. The van der Waals surface area contributed by atoms with Gasteiger partial charge >= 0.3 is 0 Å². The molecule has 0 radical (unpaired) electrons. The molecule has 0 unspecified atom stereocenters. The molecule has 0 amide bonds. The minimum atomic E-state index is -4.06. The highest BCUT2D eigenvalue weighted by Crippen LogP contribution is 2.21. The van der Waals surface area contributed by atoms with E-state index in [1.165, 1.54) is 24.3 Å². The topological polar surface area (TPSA) is 106 Å². The van der Waals surface area contributed by atoms with Crippen molar-refractivity contribution in [3.63, 3.8) is 0 Å². The van der Waals surface area contributed by atoms with Crippen LogP contribution in [0.15, 0.2) is 58.3 Å².